The Bertz CT molecular complexity index is 874. The summed E-state index contributed by atoms with van der Waals surface area (Å²) in [6.07, 6.45) is 0. The fourth-order valence-electron chi connectivity index (χ4n) is 2.22. The van der Waals surface area contributed by atoms with Crippen LogP contribution in [-0.2, 0) is 24.0 Å². The summed E-state index contributed by atoms with van der Waals surface area (Å²) in [5.74, 6) is -3.29. The standard InChI is InChI=1S/C19H22N2O8S2/c1-10(22)20-14(17(25)26)8-31-19(28)15(21-11(2)23)9-30-18(27)13-6-4-5-7-16(13)29-12(3)24/h4-7,14-15H,8-9H2,1-3H3,(H,20,22)(H,21,23)(H,25,26)/t14-,15-/m0/s1. The smallest absolute Gasteiger partial charge is 0.327 e. The first kappa shape index (κ1) is 26.2. The van der Waals surface area contributed by atoms with Gasteiger partial charge in [0.1, 0.15) is 17.8 Å². The maximum absolute atomic E-state index is 12.6. The summed E-state index contributed by atoms with van der Waals surface area (Å²) < 4.78 is 5.00. The molecule has 0 aromatic heterocycles. The van der Waals surface area contributed by atoms with Crippen LogP contribution in [0.5, 0.6) is 5.75 Å². The highest BCUT2D eigenvalue weighted by atomic mass is 32.2. The summed E-state index contributed by atoms with van der Waals surface area (Å²) in [6, 6.07) is 3.73. The first-order chi connectivity index (χ1) is 14.5. The molecule has 168 valence electrons. The highest BCUT2D eigenvalue weighted by Gasteiger charge is 2.26. The van der Waals surface area contributed by atoms with E-state index in [4.69, 9.17) is 9.84 Å². The topological polar surface area (TPSA) is 156 Å². The number of aliphatic carboxylic acids is 1. The lowest BCUT2D eigenvalue weighted by Gasteiger charge is -2.17. The van der Waals surface area contributed by atoms with Crippen LogP contribution in [0.4, 0.5) is 0 Å². The van der Waals surface area contributed by atoms with Crippen LogP contribution < -0.4 is 15.4 Å². The number of ether oxygens (including phenoxy) is 1. The van der Waals surface area contributed by atoms with Crippen LogP contribution in [0.2, 0.25) is 0 Å². The number of rotatable bonds is 10. The molecule has 1 rings (SSSR count). The largest absolute Gasteiger partial charge is 0.480 e. The van der Waals surface area contributed by atoms with Gasteiger partial charge in [0.25, 0.3) is 0 Å². The third-order valence-corrected chi connectivity index (χ3v) is 5.52. The maximum atomic E-state index is 12.6. The molecule has 0 aliphatic carbocycles. The molecule has 0 fully saturated rings. The van der Waals surface area contributed by atoms with Crippen LogP contribution >= 0.6 is 23.5 Å². The lowest BCUT2D eigenvalue weighted by Crippen LogP contribution is -2.44. The minimum absolute atomic E-state index is 0.0730. The highest BCUT2D eigenvalue weighted by Crippen LogP contribution is 2.24. The minimum Gasteiger partial charge on any atom is -0.480 e. The van der Waals surface area contributed by atoms with Crippen molar-refractivity contribution in [2.45, 2.75) is 32.9 Å². The van der Waals surface area contributed by atoms with Gasteiger partial charge in [-0.3, -0.25) is 24.0 Å². The van der Waals surface area contributed by atoms with Crippen molar-refractivity contribution in [1.82, 2.24) is 10.6 Å². The van der Waals surface area contributed by atoms with Crippen LogP contribution in [0, 0.1) is 0 Å². The molecule has 0 aliphatic rings. The van der Waals surface area contributed by atoms with Crippen LogP contribution in [-0.4, -0.2) is 62.7 Å². The van der Waals surface area contributed by atoms with E-state index >= 15 is 0 Å². The summed E-state index contributed by atoms with van der Waals surface area (Å²) in [7, 11) is 0. The monoisotopic (exact) mass is 470 g/mol. The molecule has 2 amide bonds. The van der Waals surface area contributed by atoms with Gasteiger partial charge in [-0.05, 0) is 12.1 Å². The average Bonchev–Trinajstić information content (AvgIpc) is 2.67. The van der Waals surface area contributed by atoms with Crippen LogP contribution in [0.1, 0.15) is 31.1 Å². The molecule has 0 aliphatic heterocycles. The Labute approximate surface area is 186 Å². The van der Waals surface area contributed by atoms with Crippen LogP contribution in [0.3, 0.4) is 0 Å². The first-order valence-electron chi connectivity index (χ1n) is 8.89. The second-order valence-corrected chi connectivity index (χ2v) is 8.18. The number of esters is 1. The van der Waals surface area contributed by atoms with Gasteiger partial charge in [0.05, 0.1) is 5.56 Å². The van der Waals surface area contributed by atoms with Gasteiger partial charge >= 0.3 is 11.9 Å². The van der Waals surface area contributed by atoms with E-state index in [-0.39, 0.29) is 22.8 Å². The number of carbonyl (C=O) groups excluding carboxylic acids is 5. The number of para-hydroxylation sites is 1. The fourth-order valence-corrected chi connectivity index (χ4v) is 4.10. The summed E-state index contributed by atoms with van der Waals surface area (Å²) in [4.78, 5) is 70.0. The second-order valence-electron chi connectivity index (χ2n) is 6.16. The van der Waals surface area contributed by atoms with Crippen molar-refractivity contribution in [2.24, 2.45) is 0 Å². The number of carboxylic acids is 1. The molecule has 0 saturated heterocycles. The summed E-state index contributed by atoms with van der Waals surface area (Å²) >= 11 is 1.36. The molecule has 2 atom stereocenters. The van der Waals surface area contributed by atoms with E-state index in [0.29, 0.717) is 11.8 Å². The minimum atomic E-state index is -1.31. The number of benzene rings is 1. The molecule has 10 nitrogen and oxygen atoms in total. The van der Waals surface area contributed by atoms with Crippen LogP contribution in [0.15, 0.2) is 24.3 Å². The van der Waals surface area contributed by atoms with Gasteiger partial charge in [-0.1, -0.05) is 35.7 Å². The summed E-state index contributed by atoms with van der Waals surface area (Å²) in [5.41, 5.74) is 0.126. The molecule has 0 radical (unpaired) electrons. The highest BCUT2D eigenvalue weighted by molar-refractivity contribution is 8.15. The molecule has 31 heavy (non-hydrogen) atoms. The molecule has 12 heteroatoms. The van der Waals surface area contributed by atoms with Crippen molar-refractivity contribution in [3.63, 3.8) is 0 Å². The van der Waals surface area contributed by atoms with Gasteiger partial charge in [0.15, 0.2) is 0 Å². The van der Waals surface area contributed by atoms with E-state index in [9.17, 15) is 28.8 Å². The quantitative estimate of drug-likeness (QED) is 0.331. The molecule has 0 spiro atoms. The molecule has 0 saturated carbocycles. The van der Waals surface area contributed by atoms with E-state index in [1.807, 2.05) is 0 Å². The van der Waals surface area contributed by atoms with Crippen molar-refractivity contribution in [3.05, 3.63) is 29.8 Å². The summed E-state index contributed by atoms with van der Waals surface area (Å²) in [5, 5.41) is 12.7. The number of amides is 2. The number of hydrogen-bond acceptors (Lipinski definition) is 9. The zero-order chi connectivity index (χ0) is 23.6. The van der Waals surface area contributed by atoms with Crippen LogP contribution in [0.25, 0.3) is 0 Å². The van der Waals surface area contributed by atoms with Crippen molar-refractivity contribution in [2.75, 3.05) is 11.5 Å². The molecule has 1 aromatic rings. The number of hydrogen-bond donors (Lipinski definition) is 3. The van der Waals surface area contributed by atoms with E-state index < -0.39 is 46.1 Å². The molecular weight excluding hydrogens is 448 g/mol. The first-order valence-corrected chi connectivity index (χ1v) is 10.9. The van der Waals surface area contributed by atoms with Crippen molar-refractivity contribution in [1.29, 1.82) is 0 Å². The second kappa shape index (κ2) is 12.7. The van der Waals surface area contributed by atoms with Crippen molar-refractivity contribution >= 4 is 57.5 Å². The SMILES string of the molecule is CC(=O)N[C@@H](CSC(=O)[C@H](CSC(=O)c1ccccc1OC(C)=O)NC(C)=O)C(=O)O. The van der Waals surface area contributed by atoms with E-state index in [1.165, 1.54) is 26.0 Å². The average molecular weight is 471 g/mol. The normalized spacial score (nSPS) is 12.2. The van der Waals surface area contributed by atoms with Crippen molar-refractivity contribution in [3.8, 4) is 5.75 Å². The molecule has 0 heterocycles. The Hall–Kier alpha value is -2.86. The molecule has 0 unspecified atom stereocenters. The Morgan fingerprint density at radius 1 is 0.903 bits per heavy atom. The fraction of sp³-hybridized carbons (Fsp3) is 0.368. The lowest BCUT2D eigenvalue weighted by molar-refractivity contribution is -0.140. The van der Waals surface area contributed by atoms with Gasteiger partial charge in [-0.25, -0.2) is 4.79 Å². The number of thioether (sulfide) groups is 2. The molecule has 0 bridgehead atoms. The number of nitrogens with one attached hydrogen (secondary N) is 2. The summed E-state index contributed by atoms with van der Waals surface area (Å²) in [6.45, 7) is 3.55. The third kappa shape index (κ3) is 9.66. The van der Waals surface area contributed by atoms with Gasteiger partial charge < -0.3 is 20.5 Å². The van der Waals surface area contributed by atoms with E-state index in [1.54, 1.807) is 12.1 Å². The van der Waals surface area contributed by atoms with Gasteiger partial charge in [0.2, 0.25) is 22.0 Å². The predicted molar refractivity (Wildman–Crippen MR) is 115 cm³/mol. The number of carboxylic acid groups (broad SMARTS) is 1. The Morgan fingerprint density at radius 2 is 1.45 bits per heavy atom. The zero-order valence-electron chi connectivity index (χ0n) is 17.0. The zero-order valence-corrected chi connectivity index (χ0v) is 18.6. The number of carbonyl (C=O) groups is 6. The Morgan fingerprint density at radius 3 is 2.00 bits per heavy atom. The Kier molecular flexibility index (Phi) is 10.8. The molecule has 3 N–H and O–H groups in total. The van der Waals surface area contributed by atoms with E-state index in [2.05, 4.69) is 10.6 Å². The van der Waals surface area contributed by atoms with Gasteiger partial charge in [0, 0.05) is 32.3 Å². The van der Waals surface area contributed by atoms with Crippen molar-refractivity contribution < 1.29 is 38.6 Å². The van der Waals surface area contributed by atoms with E-state index in [0.717, 1.165) is 18.7 Å². The van der Waals surface area contributed by atoms with Gasteiger partial charge in [-0.2, -0.15) is 0 Å². The molecule has 1 aromatic carbocycles. The Balaban J connectivity index is 2.82. The lowest BCUT2D eigenvalue weighted by atomic mass is 10.2. The van der Waals surface area contributed by atoms with Gasteiger partial charge in [-0.15, -0.1) is 0 Å². The third-order valence-electron chi connectivity index (χ3n) is 3.47. The molecular formula is C19H22N2O8S2. The maximum Gasteiger partial charge on any atom is 0.327 e. The predicted octanol–water partition coefficient (Wildman–Crippen LogP) is 0.839.